The van der Waals surface area contributed by atoms with Gasteiger partial charge in [0.1, 0.15) is 0 Å². The fourth-order valence-corrected chi connectivity index (χ4v) is 3.57. The van der Waals surface area contributed by atoms with Crippen LogP contribution >= 0.6 is 11.6 Å². The average Bonchev–Trinajstić information content (AvgIpc) is 3.16. The standard InChI is InChI=1S/C21H24ClN5O/c1-16-14-18(6-8-23-16)15-20-24-21(28-25-20)27-12-10-26(11-13-27)9-7-17-2-4-19(22)5-3-17/h2-6,8,14H,7,9-13,15H2,1H3. The molecule has 4 rings (SSSR count). The molecule has 1 saturated heterocycles. The maximum atomic E-state index is 5.95. The van der Waals surface area contributed by atoms with E-state index in [1.807, 2.05) is 31.3 Å². The molecule has 1 aliphatic rings. The Hall–Kier alpha value is -2.44. The first kappa shape index (κ1) is 18.9. The van der Waals surface area contributed by atoms with Gasteiger partial charge in [-0.15, -0.1) is 0 Å². The van der Waals surface area contributed by atoms with Crippen LogP contribution in [0, 0.1) is 6.92 Å². The van der Waals surface area contributed by atoms with Gasteiger partial charge in [-0.3, -0.25) is 9.88 Å². The van der Waals surface area contributed by atoms with E-state index >= 15 is 0 Å². The van der Waals surface area contributed by atoms with Gasteiger partial charge in [0.25, 0.3) is 0 Å². The van der Waals surface area contributed by atoms with Crippen LogP contribution in [0.15, 0.2) is 47.1 Å². The van der Waals surface area contributed by atoms with Gasteiger partial charge in [-0.25, -0.2) is 0 Å². The van der Waals surface area contributed by atoms with E-state index in [9.17, 15) is 0 Å². The van der Waals surface area contributed by atoms with E-state index in [1.165, 1.54) is 5.56 Å². The summed E-state index contributed by atoms with van der Waals surface area (Å²) in [6.45, 7) is 6.82. The average molecular weight is 398 g/mol. The Morgan fingerprint density at radius 3 is 2.57 bits per heavy atom. The van der Waals surface area contributed by atoms with Gasteiger partial charge in [0.15, 0.2) is 5.82 Å². The molecule has 0 spiro atoms. The highest BCUT2D eigenvalue weighted by molar-refractivity contribution is 6.30. The molecule has 28 heavy (non-hydrogen) atoms. The molecule has 1 aliphatic heterocycles. The first-order valence-electron chi connectivity index (χ1n) is 9.61. The topological polar surface area (TPSA) is 58.3 Å². The predicted molar refractivity (Wildman–Crippen MR) is 110 cm³/mol. The van der Waals surface area contributed by atoms with Crippen LogP contribution < -0.4 is 4.90 Å². The maximum Gasteiger partial charge on any atom is 0.324 e. The van der Waals surface area contributed by atoms with Crippen LogP contribution in [0.25, 0.3) is 0 Å². The molecule has 0 bridgehead atoms. The predicted octanol–water partition coefficient (Wildman–Crippen LogP) is 3.38. The molecule has 3 heterocycles. The molecule has 0 saturated carbocycles. The first-order valence-corrected chi connectivity index (χ1v) is 9.99. The van der Waals surface area contributed by atoms with Gasteiger partial charge >= 0.3 is 6.01 Å². The lowest BCUT2D eigenvalue weighted by Gasteiger charge is -2.33. The number of rotatable bonds is 6. The molecular formula is C21H24ClN5O. The SMILES string of the molecule is Cc1cc(Cc2noc(N3CCN(CCc4ccc(Cl)cc4)CC3)n2)ccn1. The Labute approximate surface area is 170 Å². The van der Waals surface area contributed by atoms with Crippen molar-refractivity contribution in [1.29, 1.82) is 0 Å². The summed E-state index contributed by atoms with van der Waals surface area (Å²) in [4.78, 5) is 13.5. The Balaban J connectivity index is 1.27. The highest BCUT2D eigenvalue weighted by atomic mass is 35.5. The molecule has 1 aromatic carbocycles. The number of aryl methyl sites for hydroxylation is 1. The van der Waals surface area contributed by atoms with Crippen LogP contribution in [-0.2, 0) is 12.8 Å². The molecule has 0 N–H and O–H groups in total. The number of benzene rings is 1. The molecule has 146 valence electrons. The van der Waals surface area contributed by atoms with Crippen molar-refractivity contribution in [2.75, 3.05) is 37.6 Å². The van der Waals surface area contributed by atoms with Crippen molar-refractivity contribution in [3.05, 3.63) is 70.3 Å². The zero-order valence-corrected chi connectivity index (χ0v) is 16.8. The summed E-state index contributed by atoms with van der Waals surface area (Å²) in [6, 6.07) is 12.8. The normalized spacial score (nSPS) is 15.1. The molecular weight excluding hydrogens is 374 g/mol. The van der Waals surface area contributed by atoms with Gasteiger partial charge in [0, 0.05) is 56.1 Å². The molecule has 2 aromatic heterocycles. The van der Waals surface area contributed by atoms with E-state index in [1.54, 1.807) is 0 Å². The lowest BCUT2D eigenvalue weighted by atomic mass is 10.1. The minimum absolute atomic E-state index is 0.623. The highest BCUT2D eigenvalue weighted by Crippen LogP contribution is 2.16. The van der Waals surface area contributed by atoms with Crippen molar-refractivity contribution < 1.29 is 4.52 Å². The number of halogens is 1. The third-order valence-corrected chi connectivity index (χ3v) is 5.31. The van der Waals surface area contributed by atoms with Gasteiger partial charge in [-0.1, -0.05) is 28.9 Å². The van der Waals surface area contributed by atoms with Crippen molar-refractivity contribution in [2.24, 2.45) is 0 Å². The van der Waals surface area contributed by atoms with E-state index in [-0.39, 0.29) is 0 Å². The van der Waals surface area contributed by atoms with Gasteiger partial charge in [-0.2, -0.15) is 4.98 Å². The number of anilines is 1. The third-order valence-electron chi connectivity index (χ3n) is 5.05. The van der Waals surface area contributed by atoms with Gasteiger partial charge < -0.3 is 9.42 Å². The Morgan fingerprint density at radius 2 is 1.82 bits per heavy atom. The second kappa shape index (κ2) is 8.71. The van der Waals surface area contributed by atoms with Crippen LogP contribution in [0.2, 0.25) is 5.02 Å². The monoisotopic (exact) mass is 397 g/mol. The van der Waals surface area contributed by atoms with Crippen LogP contribution in [0.3, 0.4) is 0 Å². The molecule has 7 heteroatoms. The minimum Gasteiger partial charge on any atom is -0.322 e. The molecule has 0 unspecified atom stereocenters. The first-order chi connectivity index (χ1) is 13.7. The highest BCUT2D eigenvalue weighted by Gasteiger charge is 2.21. The number of pyridine rings is 1. The zero-order chi connectivity index (χ0) is 19.3. The minimum atomic E-state index is 0.623. The molecule has 3 aromatic rings. The van der Waals surface area contributed by atoms with Crippen molar-refractivity contribution in [1.82, 2.24) is 20.0 Å². The fourth-order valence-electron chi connectivity index (χ4n) is 3.44. The Kier molecular flexibility index (Phi) is 5.88. The van der Waals surface area contributed by atoms with Crippen molar-refractivity contribution in [3.8, 4) is 0 Å². The number of aromatic nitrogens is 3. The van der Waals surface area contributed by atoms with Gasteiger partial charge in [0.2, 0.25) is 0 Å². The van der Waals surface area contributed by atoms with Gasteiger partial charge in [0.05, 0.1) is 0 Å². The molecule has 0 atom stereocenters. The zero-order valence-electron chi connectivity index (χ0n) is 16.0. The summed E-state index contributed by atoms with van der Waals surface area (Å²) in [7, 11) is 0. The molecule has 0 amide bonds. The summed E-state index contributed by atoms with van der Waals surface area (Å²) in [5.74, 6) is 0.714. The van der Waals surface area contributed by atoms with Crippen molar-refractivity contribution in [2.45, 2.75) is 19.8 Å². The number of hydrogen-bond donors (Lipinski definition) is 0. The van der Waals surface area contributed by atoms with Crippen LogP contribution in [0.1, 0.15) is 22.6 Å². The van der Waals surface area contributed by atoms with Crippen LogP contribution in [-0.4, -0.2) is 52.7 Å². The third kappa shape index (κ3) is 4.88. The second-order valence-corrected chi connectivity index (χ2v) is 7.62. The van der Waals surface area contributed by atoms with E-state index in [4.69, 9.17) is 16.1 Å². The Morgan fingerprint density at radius 1 is 1.04 bits per heavy atom. The van der Waals surface area contributed by atoms with Crippen molar-refractivity contribution >= 4 is 17.6 Å². The smallest absolute Gasteiger partial charge is 0.322 e. The summed E-state index contributed by atoms with van der Waals surface area (Å²) in [6.07, 6.45) is 3.51. The summed E-state index contributed by atoms with van der Waals surface area (Å²) < 4.78 is 5.50. The van der Waals surface area contributed by atoms with Crippen molar-refractivity contribution in [3.63, 3.8) is 0 Å². The number of nitrogens with zero attached hydrogens (tertiary/aromatic N) is 5. The number of piperazine rings is 1. The maximum absolute atomic E-state index is 5.95. The van der Waals surface area contributed by atoms with Gasteiger partial charge in [-0.05, 0) is 48.7 Å². The lowest BCUT2D eigenvalue weighted by Crippen LogP contribution is -2.47. The lowest BCUT2D eigenvalue weighted by molar-refractivity contribution is 0.253. The summed E-state index contributed by atoms with van der Waals surface area (Å²) in [5, 5.41) is 4.93. The summed E-state index contributed by atoms with van der Waals surface area (Å²) >= 11 is 5.95. The van der Waals surface area contributed by atoms with Crippen LogP contribution in [0.4, 0.5) is 6.01 Å². The molecule has 6 nitrogen and oxygen atoms in total. The molecule has 0 aliphatic carbocycles. The largest absolute Gasteiger partial charge is 0.324 e. The Bertz CT molecular complexity index is 903. The summed E-state index contributed by atoms with van der Waals surface area (Å²) in [5.41, 5.74) is 3.46. The fraction of sp³-hybridized carbons (Fsp3) is 0.381. The van der Waals surface area contributed by atoms with E-state index < -0.39 is 0 Å². The van der Waals surface area contributed by atoms with E-state index in [2.05, 4.69) is 43.1 Å². The van der Waals surface area contributed by atoms with E-state index in [0.29, 0.717) is 18.3 Å². The quantitative estimate of drug-likeness (QED) is 0.635. The molecule has 0 radical (unpaired) electrons. The van der Waals surface area contributed by atoms with Crippen LogP contribution in [0.5, 0.6) is 0 Å². The molecule has 1 fully saturated rings. The van der Waals surface area contributed by atoms with E-state index in [0.717, 1.165) is 55.4 Å². The number of hydrogen-bond acceptors (Lipinski definition) is 6. The second-order valence-electron chi connectivity index (χ2n) is 7.18.